The maximum absolute atomic E-state index is 12.3. The molecule has 0 radical (unpaired) electrons. The predicted molar refractivity (Wildman–Crippen MR) is 64.1 cm³/mol. The molecule has 1 aromatic rings. The maximum Gasteiger partial charge on any atom is 0.144 e. The Morgan fingerprint density at radius 1 is 1.38 bits per heavy atom. The third kappa shape index (κ3) is 2.16. The van der Waals surface area contributed by atoms with Crippen LogP contribution >= 0.6 is 0 Å². The smallest absolute Gasteiger partial charge is 0.144 e. The summed E-state index contributed by atoms with van der Waals surface area (Å²) in [6.07, 6.45) is 7.83. The zero-order chi connectivity index (χ0) is 11.4. The molecule has 0 atom stereocenters. The Balaban J connectivity index is 2.07. The highest BCUT2D eigenvalue weighted by atomic mass is 16.1. The van der Waals surface area contributed by atoms with Crippen molar-refractivity contribution in [3.05, 3.63) is 30.1 Å². The van der Waals surface area contributed by atoms with Crippen molar-refractivity contribution in [2.45, 2.75) is 45.4 Å². The average Bonchev–Trinajstić information content (AvgIpc) is 2.80. The van der Waals surface area contributed by atoms with Crippen molar-refractivity contribution in [1.29, 1.82) is 0 Å². The normalized spacial score (nSPS) is 18.6. The number of carbonyl (C=O) groups is 1. The van der Waals surface area contributed by atoms with E-state index in [2.05, 4.69) is 11.9 Å². The van der Waals surface area contributed by atoms with Crippen molar-refractivity contribution in [2.75, 3.05) is 0 Å². The fourth-order valence-electron chi connectivity index (χ4n) is 2.74. The summed E-state index contributed by atoms with van der Waals surface area (Å²) in [5, 5.41) is 0. The largest absolute Gasteiger partial charge is 0.299 e. The molecule has 16 heavy (non-hydrogen) atoms. The van der Waals surface area contributed by atoms with Crippen molar-refractivity contribution >= 4 is 5.78 Å². The molecule has 2 nitrogen and oxygen atoms in total. The highest BCUT2D eigenvalue weighted by molar-refractivity contribution is 5.86. The quantitative estimate of drug-likeness (QED) is 0.775. The first-order valence-electron chi connectivity index (χ1n) is 6.20. The van der Waals surface area contributed by atoms with Gasteiger partial charge in [0.2, 0.25) is 0 Å². The maximum atomic E-state index is 12.3. The fraction of sp³-hybridized carbons (Fsp3) is 0.571. The number of hydrogen-bond acceptors (Lipinski definition) is 2. The van der Waals surface area contributed by atoms with Gasteiger partial charge in [0, 0.05) is 23.7 Å². The summed E-state index contributed by atoms with van der Waals surface area (Å²) < 4.78 is 0. The Kier molecular flexibility index (Phi) is 3.37. The van der Waals surface area contributed by atoms with Crippen molar-refractivity contribution in [3.63, 3.8) is 0 Å². The predicted octanol–water partition coefficient (Wildman–Crippen LogP) is 3.16. The molecular formula is C14H19NO. The summed E-state index contributed by atoms with van der Waals surface area (Å²) in [5.41, 5.74) is 0.879. The van der Waals surface area contributed by atoms with Gasteiger partial charge in [-0.3, -0.25) is 9.78 Å². The molecule has 1 aromatic heterocycles. The van der Waals surface area contributed by atoms with Gasteiger partial charge in [-0.1, -0.05) is 25.8 Å². The van der Waals surface area contributed by atoms with E-state index in [0.717, 1.165) is 25.0 Å². The van der Waals surface area contributed by atoms with Crippen LogP contribution in [0.25, 0.3) is 0 Å². The van der Waals surface area contributed by atoms with Crippen LogP contribution in [-0.4, -0.2) is 10.8 Å². The van der Waals surface area contributed by atoms with Crippen LogP contribution in [0, 0.1) is 5.41 Å². The lowest BCUT2D eigenvalue weighted by Crippen LogP contribution is -2.29. The number of pyridine rings is 1. The van der Waals surface area contributed by atoms with Gasteiger partial charge in [0.05, 0.1) is 0 Å². The molecule has 0 N–H and O–H groups in total. The minimum absolute atomic E-state index is 0.0302. The van der Waals surface area contributed by atoms with E-state index >= 15 is 0 Å². The van der Waals surface area contributed by atoms with Crippen LogP contribution in [0.3, 0.4) is 0 Å². The standard InChI is InChI=1S/C14H19NO/c1-2-14(8-4-5-9-14)13(16)11-12-7-3-6-10-15-12/h3,6-7,10H,2,4-5,8-9,11H2,1H3. The van der Waals surface area contributed by atoms with Gasteiger partial charge in [-0.15, -0.1) is 0 Å². The van der Waals surface area contributed by atoms with Gasteiger partial charge in [0.1, 0.15) is 5.78 Å². The second-order valence-electron chi connectivity index (χ2n) is 4.76. The van der Waals surface area contributed by atoms with E-state index in [0.29, 0.717) is 12.2 Å². The number of aromatic nitrogens is 1. The molecule has 0 amide bonds. The summed E-state index contributed by atoms with van der Waals surface area (Å²) in [5.74, 6) is 0.395. The van der Waals surface area contributed by atoms with E-state index in [1.807, 2.05) is 18.2 Å². The van der Waals surface area contributed by atoms with Gasteiger partial charge >= 0.3 is 0 Å². The summed E-state index contributed by atoms with van der Waals surface area (Å²) in [6.45, 7) is 2.14. The lowest BCUT2D eigenvalue weighted by molar-refractivity contribution is -0.128. The average molecular weight is 217 g/mol. The van der Waals surface area contributed by atoms with E-state index in [9.17, 15) is 4.79 Å². The number of ketones is 1. The van der Waals surface area contributed by atoms with Crippen molar-refractivity contribution < 1.29 is 4.79 Å². The molecule has 0 aromatic carbocycles. The monoisotopic (exact) mass is 217 g/mol. The zero-order valence-corrected chi connectivity index (χ0v) is 9.91. The molecule has 1 aliphatic rings. The van der Waals surface area contributed by atoms with E-state index < -0.39 is 0 Å². The van der Waals surface area contributed by atoms with E-state index in [4.69, 9.17) is 0 Å². The molecule has 1 aliphatic carbocycles. The Morgan fingerprint density at radius 3 is 2.69 bits per heavy atom. The number of nitrogens with zero attached hydrogens (tertiary/aromatic N) is 1. The summed E-state index contributed by atoms with van der Waals surface area (Å²) >= 11 is 0. The molecule has 0 aliphatic heterocycles. The second kappa shape index (κ2) is 4.77. The molecule has 1 heterocycles. The molecule has 1 fully saturated rings. The van der Waals surface area contributed by atoms with Crippen LogP contribution < -0.4 is 0 Å². The Hall–Kier alpha value is -1.18. The minimum atomic E-state index is -0.0302. The number of carbonyl (C=O) groups excluding carboxylic acids is 1. The van der Waals surface area contributed by atoms with Crippen LogP contribution in [0.15, 0.2) is 24.4 Å². The first-order chi connectivity index (χ1) is 7.77. The van der Waals surface area contributed by atoms with Crippen LogP contribution in [0.5, 0.6) is 0 Å². The SMILES string of the molecule is CCC1(C(=O)Cc2ccccn2)CCCC1. The zero-order valence-electron chi connectivity index (χ0n) is 9.91. The molecular weight excluding hydrogens is 198 g/mol. The topological polar surface area (TPSA) is 30.0 Å². The minimum Gasteiger partial charge on any atom is -0.299 e. The van der Waals surface area contributed by atoms with Crippen molar-refractivity contribution in [2.24, 2.45) is 5.41 Å². The lowest BCUT2D eigenvalue weighted by atomic mass is 9.77. The van der Waals surface area contributed by atoms with Crippen LogP contribution in [0.4, 0.5) is 0 Å². The first kappa shape index (κ1) is 11.3. The van der Waals surface area contributed by atoms with Gasteiger partial charge < -0.3 is 0 Å². The molecule has 86 valence electrons. The van der Waals surface area contributed by atoms with Crippen molar-refractivity contribution in [3.8, 4) is 0 Å². The van der Waals surface area contributed by atoms with Crippen molar-refractivity contribution in [1.82, 2.24) is 4.98 Å². The molecule has 0 bridgehead atoms. The third-order valence-corrected chi connectivity index (χ3v) is 3.90. The summed E-state index contributed by atoms with van der Waals surface area (Å²) in [7, 11) is 0. The Morgan fingerprint density at radius 2 is 2.12 bits per heavy atom. The number of hydrogen-bond donors (Lipinski definition) is 0. The van der Waals surface area contributed by atoms with E-state index in [1.165, 1.54) is 12.8 Å². The molecule has 2 heteroatoms. The molecule has 0 spiro atoms. The van der Waals surface area contributed by atoms with Gasteiger partial charge in [-0.2, -0.15) is 0 Å². The molecule has 2 rings (SSSR count). The highest BCUT2D eigenvalue weighted by Gasteiger charge is 2.38. The Labute approximate surface area is 97.1 Å². The van der Waals surface area contributed by atoms with Gasteiger partial charge in [-0.05, 0) is 31.4 Å². The number of rotatable bonds is 4. The van der Waals surface area contributed by atoms with E-state index in [-0.39, 0.29) is 5.41 Å². The van der Waals surface area contributed by atoms with Gasteiger partial charge in [-0.25, -0.2) is 0 Å². The summed E-state index contributed by atoms with van der Waals surface area (Å²) in [4.78, 5) is 16.6. The van der Waals surface area contributed by atoms with E-state index in [1.54, 1.807) is 6.20 Å². The first-order valence-corrected chi connectivity index (χ1v) is 6.20. The van der Waals surface area contributed by atoms with Gasteiger partial charge in [0.15, 0.2) is 0 Å². The van der Waals surface area contributed by atoms with Crippen LogP contribution in [0.2, 0.25) is 0 Å². The van der Waals surface area contributed by atoms with Crippen LogP contribution in [0.1, 0.15) is 44.7 Å². The second-order valence-corrected chi connectivity index (χ2v) is 4.76. The number of Topliss-reactive ketones (excluding diaryl/α,β-unsaturated/α-hetero) is 1. The third-order valence-electron chi connectivity index (χ3n) is 3.90. The lowest BCUT2D eigenvalue weighted by Gasteiger charge is -2.25. The molecule has 0 saturated heterocycles. The van der Waals surface area contributed by atoms with Gasteiger partial charge in [0.25, 0.3) is 0 Å². The Bertz CT molecular complexity index is 352. The molecule has 0 unspecified atom stereocenters. The fourth-order valence-corrected chi connectivity index (χ4v) is 2.74. The van der Waals surface area contributed by atoms with Crippen LogP contribution in [-0.2, 0) is 11.2 Å². The summed E-state index contributed by atoms with van der Waals surface area (Å²) in [6, 6.07) is 5.78. The molecule has 1 saturated carbocycles. The highest BCUT2D eigenvalue weighted by Crippen LogP contribution is 2.42.